The molecule has 146 valence electrons. The van der Waals surface area contributed by atoms with Gasteiger partial charge in [0.05, 0.1) is 12.0 Å². The van der Waals surface area contributed by atoms with Gasteiger partial charge in [0.25, 0.3) is 0 Å². The number of esters is 1. The molecule has 6 nitrogen and oxygen atoms in total. The molecular formula is C21H19ClO6. The van der Waals surface area contributed by atoms with Gasteiger partial charge in [-0.1, -0.05) is 12.1 Å². The highest BCUT2D eigenvalue weighted by Crippen LogP contribution is 2.33. The summed E-state index contributed by atoms with van der Waals surface area (Å²) < 4.78 is 22.2. The van der Waals surface area contributed by atoms with Crippen molar-refractivity contribution in [2.75, 3.05) is 6.61 Å². The molecule has 28 heavy (non-hydrogen) atoms. The molecule has 0 N–H and O–H groups in total. The number of alkyl halides is 1. The lowest BCUT2D eigenvalue weighted by Crippen LogP contribution is -2.17. The maximum atomic E-state index is 12.9. The topological polar surface area (TPSA) is 75.0 Å². The quantitative estimate of drug-likeness (QED) is 0.334. The first kappa shape index (κ1) is 19.8. The van der Waals surface area contributed by atoms with Crippen LogP contribution in [0.2, 0.25) is 0 Å². The Bertz CT molecular complexity index is 1070. The fraction of sp³-hybridized carbons (Fsp3) is 0.238. The number of para-hydroxylation sites is 2. The third kappa shape index (κ3) is 4.12. The Morgan fingerprint density at radius 1 is 1.18 bits per heavy atom. The number of hydrogen-bond donors (Lipinski definition) is 0. The van der Waals surface area contributed by atoms with Crippen LogP contribution < -0.4 is 19.6 Å². The highest BCUT2D eigenvalue weighted by atomic mass is 35.5. The molecule has 1 unspecified atom stereocenters. The summed E-state index contributed by atoms with van der Waals surface area (Å²) in [5.41, 5.74) is -0.0610. The van der Waals surface area contributed by atoms with Gasteiger partial charge in [-0.05, 0) is 45.0 Å². The van der Waals surface area contributed by atoms with Crippen molar-refractivity contribution in [3.05, 3.63) is 58.4 Å². The average molecular weight is 403 g/mol. The summed E-state index contributed by atoms with van der Waals surface area (Å²) in [6.07, 6.45) is 0. The van der Waals surface area contributed by atoms with Gasteiger partial charge in [-0.15, -0.1) is 11.6 Å². The molecule has 0 aliphatic rings. The molecule has 0 aliphatic carbocycles. The fourth-order valence-corrected chi connectivity index (χ4v) is 2.61. The maximum absolute atomic E-state index is 12.9. The van der Waals surface area contributed by atoms with E-state index in [-0.39, 0.29) is 28.3 Å². The number of fused-ring (bicyclic) bond motifs is 1. The number of carbonyl (C=O) groups is 1. The van der Waals surface area contributed by atoms with Gasteiger partial charge in [-0.3, -0.25) is 9.59 Å². The number of carbonyl (C=O) groups excluding carboxylic acids is 1. The van der Waals surface area contributed by atoms with Gasteiger partial charge in [0, 0.05) is 6.07 Å². The Kier molecular flexibility index (Phi) is 5.90. The Hall–Kier alpha value is -2.99. The summed E-state index contributed by atoms with van der Waals surface area (Å²) >= 11 is 5.71. The first-order valence-electron chi connectivity index (χ1n) is 8.73. The van der Waals surface area contributed by atoms with Gasteiger partial charge in [0.2, 0.25) is 11.2 Å². The molecule has 0 saturated carbocycles. The molecule has 7 heteroatoms. The minimum absolute atomic E-state index is 0.0683. The van der Waals surface area contributed by atoms with Gasteiger partial charge in [-0.25, -0.2) is 0 Å². The largest absolute Gasteiger partial charge is 0.490 e. The van der Waals surface area contributed by atoms with Crippen LogP contribution in [0.4, 0.5) is 0 Å². The highest BCUT2D eigenvalue weighted by molar-refractivity contribution is 6.29. The van der Waals surface area contributed by atoms with E-state index in [1.54, 1.807) is 25.1 Å². The minimum Gasteiger partial charge on any atom is -0.490 e. The van der Waals surface area contributed by atoms with Crippen LogP contribution in [-0.4, -0.2) is 18.0 Å². The number of ether oxygens (including phenoxy) is 3. The van der Waals surface area contributed by atoms with E-state index in [0.29, 0.717) is 23.5 Å². The second kappa shape index (κ2) is 8.35. The lowest BCUT2D eigenvalue weighted by atomic mass is 10.2. The molecule has 3 aromatic rings. The number of halogens is 1. The van der Waals surface area contributed by atoms with Crippen LogP contribution in [0.15, 0.2) is 51.7 Å². The molecule has 0 bridgehead atoms. The highest BCUT2D eigenvalue weighted by Gasteiger charge is 2.18. The molecule has 0 fully saturated rings. The van der Waals surface area contributed by atoms with Gasteiger partial charge < -0.3 is 18.6 Å². The monoisotopic (exact) mass is 402 g/mol. The SMILES string of the molecule is CCOc1ccccc1Oc1c(C)oc2cc(OC(=O)C(C)Cl)ccc2c1=O. The van der Waals surface area contributed by atoms with Gasteiger partial charge >= 0.3 is 5.97 Å². The van der Waals surface area contributed by atoms with Crippen LogP contribution in [0, 0.1) is 6.92 Å². The molecule has 0 aliphatic heterocycles. The van der Waals surface area contributed by atoms with E-state index in [9.17, 15) is 9.59 Å². The number of hydrogen-bond acceptors (Lipinski definition) is 6. The van der Waals surface area contributed by atoms with Crippen molar-refractivity contribution < 1.29 is 23.4 Å². The van der Waals surface area contributed by atoms with Gasteiger partial charge in [0.1, 0.15) is 22.5 Å². The Morgan fingerprint density at radius 3 is 2.57 bits per heavy atom. The second-order valence-electron chi connectivity index (χ2n) is 5.99. The lowest BCUT2D eigenvalue weighted by molar-refractivity contribution is -0.133. The normalized spacial score (nSPS) is 11.9. The van der Waals surface area contributed by atoms with Crippen molar-refractivity contribution in [2.24, 2.45) is 0 Å². The average Bonchev–Trinajstić information content (AvgIpc) is 2.66. The standard InChI is InChI=1S/C21H19ClO6/c1-4-25-16-7-5-6-8-17(16)28-20-13(3)26-18-11-14(27-21(24)12(2)22)9-10-15(18)19(20)23/h5-12H,4H2,1-3H3. The smallest absolute Gasteiger partial charge is 0.329 e. The van der Waals surface area contributed by atoms with Crippen molar-refractivity contribution in [3.8, 4) is 23.0 Å². The van der Waals surface area contributed by atoms with E-state index < -0.39 is 11.3 Å². The van der Waals surface area contributed by atoms with Crippen LogP contribution in [0.1, 0.15) is 19.6 Å². The Labute approximate surface area is 166 Å². The summed E-state index contributed by atoms with van der Waals surface area (Å²) in [5, 5.41) is -0.487. The summed E-state index contributed by atoms with van der Waals surface area (Å²) in [6, 6.07) is 11.6. The Balaban J connectivity index is 1.99. The second-order valence-corrected chi connectivity index (χ2v) is 6.65. The van der Waals surface area contributed by atoms with E-state index in [2.05, 4.69) is 0 Å². The predicted octanol–water partition coefficient (Wildman–Crippen LogP) is 4.83. The predicted molar refractivity (Wildman–Crippen MR) is 106 cm³/mol. The maximum Gasteiger partial charge on any atom is 0.329 e. The van der Waals surface area contributed by atoms with E-state index in [1.165, 1.54) is 25.1 Å². The van der Waals surface area contributed by atoms with Crippen LogP contribution in [0.3, 0.4) is 0 Å². The van der Waals surface area contributed by atoms with Crippen LogP contribution in [-0.2, 0) is 4.79 Å². The zero-order chi connectivity index (χ0) is 20.3. The lowest BCUT2D eigenvalue weighted by Gasteiger charge is -2.13. The summed E-state index contributed by atoms with van der Waals surface area (Å²) in [6.45, 7) is 5.47. The van der Waals surface area contributed by atoms with Crippen LogP contribution in [0.5, 0.6) is 23.0 Å². The summed E-state index contributed by atoms with van der Waals surface area (Å²) in [7, 11) is 0. The molecular weight excluding hydrogens is 384 g/mol. The van der Waals surface area contributed by atoms with Crippen molar-refractivity contribution >= 4 is 28.5 Å². The van der Waals surface area contributed by atoms with E-state index >= 15 is 0 Å². The molecule has 1 atom stereocenters. The number of benzene rings is 2. The summed E-state index contributed by atoms with van der Waals surface area (Å²) in [4.78, 5) is 24.6. The third-order valence-corrected chi connectivity index (χ3v) is 4.07. The molecule has 0 saturated heterocycles. The molecule has 0 spiro atoms. The molecule has 2 aromatic carbocycles. The van der Waals surface area contributed by atoms with E-state index in [0.717, 1.165) is 0 Å². The van der Waals surface area contributed by atoms with Gasteiger partial charge in [-0.2, -0.15) is 0 Å². The van der Waals surface area contributed by atoms with Crippen molar-refractivity contribution in [2.45, 2.75) is 26.1 Å². The van der Waals surface area contributed by atoms with Crippen LogP contribution in [0.25, 0.3) is 11.0 Å². The Morgan fingerprint density at radius 2 is 1.89 bits per heavy atom. The molecule has 3 rings (SSSR count). The third-order valence-electron chi connectivity index (χ3n) is 3.89. The van der Waals surface area contributed by atoms with Crippen molar-refractivity contribution in [1.82, 2.24) is 0 Å². The first-order chi connectivity index (χ1) is 13.4. The molecule has 1 aromatic heterocycles. The van der Waals surface area contributed by atoms with Crippen molar-refractivity contribution in [1.29, 1.82) is 0 Å². The zero-order valence-corrected chi connectivity index (χ0v) is 16.4. The fourth-order valence-electron chi connectivity index (χ4n) is 2.57. The molecule has 0 amide bonds. The van der Waals surface area contributed by atoms with E-state index in [4.69, 9.17) is 30.2 Å². The number of rotatable bonds is 6. The molecule has 1 heterocycles. The minimum atomic E-state index is -0.786. The molecule has 0 radical (unpaired) electrons. The first-order valence-corrected chi connectivity index (χ1v) is 9.17. The van der Waals surface area contributed by atoms with Crippen molar-refractivity contribution in [3.63, 3.8) is 0 Å². The van der Waals surface area contributed by atoms with E-state index in [1.807, 2.05) is 13.0 Å². The van der Waals surface area contributed by atoms with Crippen LogP contribution >= 0.6 is 11.6 Å². The summed E-state index contributed by atoms with van der Waals surface area (Å²) in [5.74, 6) is 0.953. The van der Waals surface area contributed by atoms with Gasteiger partial charge in [0.15, 0.2) is 11.5 Å². The zero-order valence-electron chi connectivity index (χ0n) is 15.7. The number of aryl methyl sites for hydroxylation is 1.